The molecule has 1 amide bonds. The smallest absolute Gasteiger partial charge is 0.251 e. The van der Waals surface area contributed by atoms with E-state index in [0.29, 0.717) is 31.2 Å². The molecule has 0 radical (unpaired) electrons. The summed E-state index contributed by atoms with van der Waals surface area (Å²) >= 11 is 0. The Kier molecular flexibility index (Phi) is 10.2. The van der Waals surface area contributed by atoms with E-state index in [1.807, 2.05) is 43.3 Å². The number of aliphatic imine (C=N–C) groups is 1. The number of aryl methyl sites for hydroxylation is 1. The van der Waals surface area contributed by atoms with Gasteiger partial charge >= 0.3 is 0 Å². The molecule has 2 rings (SSSR count). The second-order valence-electron chi connectivity index (χ2n) is 5.79. The van der Waals surface area contributed by atoms with Gasteiger partial charge in [0.25, 0.3) is 5.91 Å². The molecule has 27 heavy (non-hydrogen) atoms. The molecule has 0 aliphatic carbocycles. The lowest BCUT2D eigenvalue weighted by atomic mass is 10.1. The molecule has 0 bridgehead atoms. The van der Waals surface area contributed by atoms with Gasteiger partial charge in [-0.05, 0) is 36.8 Å². The fourth-order valence-corrected chi connectivity index (χ4v) is 2.30. The first-order valence-electron chi connectivity index (χ1n) is 8.57. The fraction of sp³-hybridized carbons (Fsp3) is 0.300. The monoisotopic (exact) mass is 482 g/mol. The SMILES string of the molecule is CN=C(NCCOc1ccc(C)cc1)NCc1ccc(C(=O)NC)cc1.I. The Labute approximate surface area is 177 Å². The summed E-state index contributed by atoms with van der Waals surface area (Å²) in [6.45, 7) is 3.85. The Hall–Kier alpha value is -2.29. The Bertz CT molecular complexity index is 731. The average Bonchev–Trinajstić information content (AvgIpc) is 2.68. The van der Waals surface area contributed by atoms with Crippen molar-refractivity contribution in [1.29, 1.82) is 0 Å². The van der Waals surface area contributed by atoms with E-state index in [1.165, 1.54) is 5.56 Å². The van der Waals surface area contributed by atoms with Crippen LogP contribution >= 0.6 is 24.0 Å². The van der Waals surface area contributed by atoms with Crippen molar-refractivity contribution in [3.05, 3.63) is 65.2 Å². The highest BCUT2D eigenvalue weighted by molar-refractivity contribution is 14.0. The third-order valence-corrected chi connectivity index (χ3v) is 3.81. The first kappa shape index (κ1) is 22.8. The lowest BCUT2D eigenvalue weighted by molar-refractivity contribution is 0.0963. The van der Waals surface area contributed by atoms with E-state index in [4.69, 9.17) is 4.74 Å². The maximum atomic E-state index is 11.5. The number of ether oxygens (including phenoxy) is 1. The summed E-state index contributed by atoms with van der Waals surface area (Å²) in [6, 6.07) is 15.4. The van der Waals surface area contributed by atoms with Gasteiger partial charge in [-0.25, -0.2) is 0 Å². The number of hydrogen-bond donors (Lipinski definition) is 3. The van der Waals surface area contributed by atoms with Crippen molar-refractivity contribution in [3.8, 4) is 5.75 Å². The molecular weight excluding hydrogens is 455 g/mol. The van der Waals surface area contributed by atoms with Gasteiger partial charge < -0.3 is 20.7 Å². The summed E-state index contributed by atoms with van der Waals surface area (Å²) in [5, 5.41) is 9.05. The van der Waals surface area contributed by atoms with Crippen molar-refractivity contribution in [2.75, 3.05) is 27.2 Å². The molecule has 7 heteroatoms. The third-order valence-electron chi connectivity index (χ3n) is 3.81. The van der Waals surface area contributed by atoms with Crippen LogP contribution in [-0.2, 0) is 6.54 Å². The number of benzene rings is 2. The second-order valence-corrected chi connectivity index (χ2v) is 5.79. The van der Waals surface area contributed by atoms with E-state index in [1.54, 1.807) is 26.2 Å². The van der Waals surface area contributed by atoms with Gasteiger partial charge in [0.1, 0.15) is 12.4 Å². The second kappa shape index (κ2) is 12.2. The fourth-order valence-electron chi connectivity index (χ4n) is 2.30. The number of nitrogens with one attached hydrogen (secondary N) is 3. The van der Waals surface area contributed by atoms with Gasteiger partial charge in [-0.2, -0.15) is 0 Å². The number of nitrogens with zero attached hydrogens (tertiary/aromatic N) is 1. The molecule has 2 aromatic rings. The third kappa shape index (κ3) is 7.86. The van der Waals surface area contributed by atoms with Crippen molar-refractivity contribution >= 4 is 35.8 Å². The van der Waals surface area contributed by atoms with Crippen LogP contribution in [0.1, 0.15) is 21.5 Å². The Balaban J connectivity index is 0.00000364. The van der Waals surface area contributed by atoms with E-state index >= 15 is 0 Å². The van der Waals surface area contributed by atoms with Gasteiger partial charge in [-0.15, -0.1) is 24.0 Å². The summed E-state index contributed by atoms with van der Waals surface area (Å²) in [7, 11) is 3.35. The highest BCUT2D eigenvalue weighted by atomic mass is 127. The number of rotatable bonds is 7. The number of amides is 1. The minimum atomic E-state index is -0.0874. The largest absolute Gasteiger partial charge is 0.492 e. The molecule has 2 aromatic carbocycles. The highest BCUT2D eigenvalue weighted by Gasteiger charge is 2.03. The maximum Gasteiger partial charge on any atom is 0.251 e. The molecule has 0 fully saturated rings. The van der Waals surface area contributed by atoms with Gasteiger partial charge in [0.05, 0.1) is 6.54 Å². The molecular formula is C20H27IN4O2. The van der Waals surface area contributed by atoms with Crippen LogP contribution < -0.4 is 20.7 Å². The molecule has 0 spiro atoms. The summed E-state index contributed by atoms with van der Waals surface area (Å²) in [6.07, 6.45) is 0. The molecule has 0 saturated carbocycles. The molecule has 0 heterocycles. The molecule has 146 valence electrons. The van der Waals surface area contributed by atoms with Crippen molar-refractivity contribution in [1.82, 2.24) is 16.0 Å². The zero-order chi connectivity index (χ0) is 18.8. The topological polar surface area (TPSA) is 74.8 Å². The Morgan fingerprint density at radius 1 is 1.04 bits per heavy atom. The van der Waals surface area contributed by atoms with Crippen LogP contribution in [0.5, 0.6) is 5.75 Å². The van der Waals surface area contributed by atoms with Crippen LogP contribution in [0.4, 0.5) is 0 Å². The molecule has 0 unspecified atom stereocenters. The minimum absolute atomic E-state index is 0. The first-order valence-corrected chi connectivity index (χ1v) is 8.57. The van der Waals surface area contributed by atoms with Gasteiger partial charge in [0.2, 0.25) is 0 Å². The lowest BCUT2D eigenvalue weighted by Crippen LogP contribution is -2.38. The molecule has 0 aliphatic rings. The quantitative estimate of drug-likeness (QED) is 0.246. The van der Waals surface area contributed by atoms with Crippen LogP contribution in [0, 0.1) is 6.92 Å². The van der Waals surface area contributed by atoms with Crippen LogP contribution in [0.25, 0.3) is 0 Å². The van der Waals surface area contributed by atoms with Gasteiger partial charge in [0.15, 0.2) is 5.96 Å². The molecule has 3 N–H and O–H groups in total. The van der Waals surface area contributed by atoms with Gasteiger partial charge in [-0.3, -0.25) is 9.79 Å². The summed E-state index contributed by atoms with van der Waals surface area (Å²) < 4.78 is 5.68. The molecule has 0 aliphatic heterocycles. The number of halogens is 1. The maximum absolute atomic E-state index is 11.5. The number of carbonyl (C=O) groups is 1. The zero-order valence-corrected chi connectivity index (χ0v) is 18.2. The highest BCUT2D eigenvalue weighted by Crippen LogP contribution is 2.10. The van der Waals surface area contributed by atoms with Crippen molar-refractivity contribution in [2.24, 2.45) is 4.99 Å². The Morgan fingerprint density at radius 2 is 1.70 bits per heavy atom. The number of hydrogen-bond acceptors (Lipinski definition) is 3. The molecule has 0 atom stereocenters. The van der Waals surface area contributed by atoms with Gasteiger partial charge in [0, 0.05) is 26.2 Å². The average molecular weight is 482 g/mol. The van der Waals surface area contributed by atoms with E-state index in [0.717, 1.165) is 11.3 Å². The molecule has 0 saturated heterocycles. The van der Waals surface area contributed by atoms with E-state index in [-0.39, 0.29) is 29.9 Å². The molecule has 6 nitrogen and oxygen atoms in total. The predicted molar refractivity (Wildman–Crippen MR) is 120 cm³/mol. The summed E-state index contributed by atoms with van der Waals surface area (Å²) in [5.41, 5.74) is 2.92. The summed E-state index contributed by atoms with van der Waals surface area (Å²) in [4.78, 5) is 15.7. The lowest BCUT2D eigenvalue weighted by Gasteiger charge is -2.13. The van der Waals surface area contributed by atoms with Gasteiger partial charge in [-0.1, -0.05) is 29.8 Å². The van der Waals surface area contributed by atoms with E-state index in [9.17, 15) is 4.79 Å². The predicted octanol–water partition coefficient (Wildman–Crippen LogP) is 2.72. The van der Waals surface area contributed by atoms with Crippen molar-refractivity contribution < 1.29 is 9.53 Å². The standard InChI is InChI=1S/C20H26N4O2.HI/c1-15-4-10-18(11-5-15)26-13-12-23-20(22-3)24-14-16-6-8-17(9-7-16)19(25)21-2;/h4-11H,12-14H2,1-3H3,(H,21,25)(H2,22,23,24);1H. The summed E-state index contributed by atoms with van der Waals surface area (Å²) in [5.74, 6) is 1.47. The molecule has 0 aromatic heterocycles. The van der Waals surface area contributed by atoms with E-state index in [2.05, 4.69) is 20.9 Å². The zero-order valence-electron chi connectivity index (χ0n) is 15.9. The van der Waals surface area contributed by atoms with E-state index < -0.39 is 0 Å². The normalized spacial score (nSPS) is 10.6. The Morgan fingerprint density at radius 3 is 2.30 bits per heavy atom. The van der Waals surface area contributed by atoms with Crippen molar-refractivity contribution in [3.63, 3.8) is 0 Å². The minimum Gasteiger partial charge on any atom is -0.492 e. The van der Waals surface area contributed by atoms with Crippen LogP contribution in [-0.4, -0.2) is 39.1 Å². The van der Waals surface area contributed by atoms with Crippen LogP contribution in [0.3, 0.4) is 0 Å². The van der Waals surface area contributed by atoms with Crippen LogP contribution in [0.2, 0.25) is 0 Å². The first-order chi connectivity index (χ1) is 12.6. The van der Waals surface area contributed by atoms with Crippen molar-refractivity contribution in [2.45, 2.75) is 13.5 Å². The number of guanidine groups is 1. The van der Waals surface area contributed by atoms with Crippen LogP contribution in [0.15, 0.2) is 53.5 Å². The number of carbonyl (C=O) groups excluding carboxylic acids is 1.